The second-order valence-corrected chi connectivity index (χ2v) is 7.28. The molecule has 3 nitrogen and oxygen atoms in total. The van der Waals surface area contributed by atoms with Crippen molar-refractivity contribution in [2.45, 2.75) is 70.2 Å². The molecule has 0 N–H and O–H groups in total. The van der Waals surface area contributed by atoms with E-state index in [2.05, 4.69) is 30.0 Å². The lowest BCUT2D eigenvalue weighted by molar-refractivity contribution is 0.529. The van der Waals surface area contributed by atoms with Gasteiger partial charge >= 0.3 is 0 Å². The molecule has 0 amide bonds. The van der Waals surface area contributed by atoms with E-state index < -0.39 is 0 Å². The van der Waals surface area contributed by atoms with Crippen LogP contribution in [0.25, 0.3) is 0 Å². The van der Waals surface area contributed by atoms with Crippen molar-refractivity contribution < 1.29 is 0 Å². The fourth-order valence-corrected chi connectivity index (χ4v) is 3.74. The molecule has 2 heterocycles. The third-order valence-electron chi connectivity index (χ3n) is 3.67. The molecule has 0 bridgehead atoms. The van der Waals surface area contributed by atoms with Crippen molar-refractivity contribution in [1.82, 2.24) is 9.36 Å². The van der Waals surface area contributed by atoms with Crippen molar-refractivity contribution in [3.63, 3.8) is 0 Å². The summed E-state index contributed by atoms with van der Waals surface area (Å²) in [4.78, 5) is 7.18. The highest BCUT2D eigenvalue weighted by Gasteiger charge is 2.25. The Hall–Kier alpha value is -0.350. The van der Waals surface area contributed by atoms with Crippen LogP contribution in [0.5, 0.6) is 0 Å². The third kappa shape index (κ3) is 4.06. The summed E-state index contributed by atoms with van der Waals surface area (Å²) < 4.78 is 4.49. The van der Waals surface area contributed by atoms with Crippen LogP contribution < -0.4 is 4.90 Å². The highest BCUT2D eigenvalue weighted by molar-refractivity contribution is 7.09. The number of hydrogen-bond donors (Lipinski definition) is 0. The van der Waals surface area contributed by atoms with Gasteiger partial charge in [-0.25, -0.2) is 4.98 Å². The van der Waals surface area contributed by atoms with Crippen LogP contribution in [0.15, 0.2) is 0 Å². The predicted molar refractivity (Wildman–Crippen MR) is 83.5 cm³/mol. The molecule has 0 aromatic carbocycles. The number of hydrogen-bond acceptors (Lipinski definition) is 4. The van der Waals surface area contributed by atoms with Crippen LogP contribution in [0.1, 0.15) is 64.6 Å². The first-order chi connectivity index (χ1) is 9.08. The fraction of sp³-hybridized carbons (Fsp3) is 0.857. The molecular weight excluding hydrogens is 278 g/mol. The minimum absolute atomic E-state index is 0.225. The van der Waals surface area contributed by atoms with E-state index in [1.165, 1.54) is 25.7 Å². The summed E-state index contributed by atoms with van der Waals surface area (Å²) in [5, 5.41) is 1.32. The van der Waals surface area contributed by atoms with E-state index in [1.807, 2.05) is 0 Å². The van der Waals surface area contributed by atoms with Crippen molar-refractivity contribution in [1.29, 1.82) is 0 Å². The van der Waals surface area contributed by atoms with Crippen LogP contribution in [0.3, 0.4) is 0 Å². The fourth-order valence-electron chi connectivity index (χ4n) is 2.63. The van der Waals surface area contributed by atoms with Crippen LogP contribution in [-0.2, 0) is 0 Å². The molecule has 0 spiro atoms. The molecule has 1 saturated heterocycles. The topological polar surface area (TPSA) is 29.0 Å². The Morgan fingerprint density at radius 3 is 2.74 bits per heavy atom. The first-order valence-corrected chi connectivity index (χ1v) is 8.53. The predicted octanol–water partition coefficient (Wildman–Crippen LogP) is 4.43. The van der Waals surface area contributed by atoms with Crippen LogP contribution in [0.2, 0.25) is 0 Å². The summed E-state index contributed by atoms with van der Waals surface area (Å²) in [5.74, 6) is 1.38. The molecule has 108 valence electrons. The minimum Gasteiger partial charge on any atom is -0.344 e. The molecule has 2 atom stereocenters. The standard InChI is InChI=1S/C14H24ClN3S/c1-10(2)13-16-14(19-17-13)18-8-6-4-5-7-12(18)9-11(3)15/h10-12H,4-9H2,1-3H3. The van der Waals surface area contributed by atoms with Crippen LogP contribution >= 0.6 is 23.1 Å². The SMILES string of the molecule is CC(Cl)CC1CCCCCN1c1nc(C(C)C)ns1. The second kappa shape index (κ2) is 6.89. The molecule has 1 aliphatic heterocycles. The van der Waals surface area contributed by atoms with Crippen LogP contribution in [0.4, 0.5) is 5.13 Å². The number of nitrogens with zero attached hydrogens (tertiary/aromatic N) is 3. The summed E-state index contributed by atoms with van der Waals surface area (Å²) >= 11 is 7.76. The van der Waals surface area contributed by atoms with E-state index >= 15 is 0 Å². The molecule has 1 aromatic rings. The number of aromatic nitrogens is 2. The lowest BCUT2D eigenvalue weighted by Crippen LogP contribution is -2.36. The molecule has 1 fully saturated rings. The molecular formula is C14H24ClN3S. The van der Waals surface area contributed by atoms with Gasteiger partial charge < -0.3 is 4.90 Å². The minimum atomic E-state index is 0.225. The molecule has 2 rings (SSSR count). The van der Waals surface area contributed by atoms with Crippen molar-refractivity contribution in [3.05, 3.63) is 5.82 Å². The zero-order chi connectivity index (χ0) is 13.8. The molecule has 2 unspecified atom stereocenters. The average Bonchev–Trinajstić information content (AvgIpc) is 2.72. The van der Waals surface area contributed by atoms with Crippen molar-refractivity contribution in [3.8, 4) is 0 Å². The van der Waals surface area contributed by atoms with Gasteiger partial charge in [0.25, 0.3) is 0 Å². The summed E-state index contributed by atoms with van der Waals surface area (Å²) in [7, 11) is 0. The summed E-state index contributed by atoms with van der Waals surface area (Å²) in [5.41, 5.74) is 0. The largest absolute Gasteiger partial charge is 0.344 e. The van der Waals surface area contributed by atoms with E-state index in [0.717, 1.165) is 23.9 Å². The molecule has 1 aromatic heterocycles. The van der Waals surface area contributed by atoms with Gasteiger partial charge in [0.15, 0.2) is 0 Å². The third-order valence-corrected chi connectivity index (χ3v) is 4.61. The van der Waals surface area contributed by atoms with Gasteiger partial charge in [-0.2, -0.15) is 4.37 Å². The van der Waals surface area contributed by atoms with E-state index in [9.17, 15) is 0 Å². The first-order valence-electron chi connectivity index (χ1n) is 7.32. The smallest absolute Gasteiger partial charge is 0.205 e. The van der Waals surface area contributed by atoms with Gasteiger partial charge in [-0.15, -0.1) is 11.6 Å². The van der Waals surface area contributed by atoms with Crippen molar-refractivity contribution in [2.24, 2.45) is 0 Å². The van der Waals surface area contributed by atoms with Gasteiger partial charge in [0.2, 0.25) is 5.13 Å². The second-order valence-electron chi connectivity index (χ2n) is 5.80. The number of halogens is 1. The Kier molecular flexibility index (Phi) is 5.46. The average molecular weight is 302 g/mol. The molecule has 0 aliphatic carbocycles. The van der Waals surface area contributed by atoms with E-state index in [1.54, 1.807) is 11.5 Å². The van der Waals surface area contributed by atoms with Gasteiger partial charge in [0.05, 0.1) is 0 Å². The Morgan fingerprint density at radius 2 is 2.11 bits per heavy atom. The lowest BCUT2D eigenvalue weighted by atomic mass is 10.1. The first kappa shape index (κ1) is 15.0. The molecule has 19 heavy (non-hydrogen) atoms. The zero-order valence-electron chi connectivity index (χ0n) is 12.1. The summed E-state index contributed by atoms with van der Waals surface area (Å²) in [6.45, 7) is 7.48. The normalized spacial score (nSPS) is 22.6. The Balaban J connectivity index is 2.15. The Bertz CT molecular complexity index is 392. The number of anilines is 1. The van der Waals surface area contributed by atoms with E-state index in [0.29, 0.717) is 12.0 Å². The maximum Gasteiger partial charge on any atom is 0.205 e. The number of alkyl halides is 1. The Morgan fingerprint density at radius 1 is 1.32 bits per heavy atom. The molecule has 5 heteroatoms. The highest BCUT2D eigenvalue weighted by atomic mass is 35.5. The Labute approximate surface area is 125 Å². The summed E-state index contributed by atoms with van der Waals surface area (Å²) in [6.07, 6.45) is 6.15. The summed E-state index contributed by atoms with van der Waals surface area (Å²) in [6, 6.07) is 0.531. The van der Waals surface area contributed by atoms with E-state index in [4.69, 9.17) is 16.6 Å². The monoisotopic (exact) mass is 301 g/mol. The van der Waals surface area contributed by atoms with Crippen LogP contribution in [-0.4, -0.2) is 27.3 Å². The van der Waals surface area contributed by atoms with Crippen molar-refractivity contribution >= 4 is 28.3 Å². The molecule has 1 aliphatic rings. The molecule has 0 radical (unpaired) electrons. The number of rotatable bonds is 4. The zero-order valence-corrected chi connectivity index (χ0v) is 13.7. The van der Waals surface area contributed by atoms with Gasteiger partial charge in [0, 0.05) is 35.4 Å². The van der Waals surface area contributed by atoms with Crippen LogP contribution in [0, 0.1) is 0 Å². The quantitative estimate of drug-likeness (QED) is 0.771. The van der Waals surface area contributed by atoms with Gasteiger partial charge in [-0.3, -0.25) is 0 Å². The van der Waals surface area contributed by atoms with Gasteiger partial charge in [0.1, 0.15) is 5.82 Å². The molecule has 0 saturated carbocycles. The maximum atomic E-state index is 6.21. The highest BCUT2D eigenvalue weighted by Crippen LogP contribution is 2.29. The van der Waals surface area contributed by atoms with E-state index in [-0.39, 0.29) is 5.38 Å². The maximum absolute atomic E-state index is 6.21. The lowest BCUT2D eigenvalue weighted by Gasteiger charge is -2.30. The van der Waals surface area contributed by atoms with Crippen molar-refractivity contribution in [2.75, 3.05) is 11.4 Å². The van der Waals surface area contributed by atoms with Gasteiger partial charge in [-0.1, -0.05) is 26.7 Å². The van der Waals surface area contributed by atoms with Gasteiger partial charge in [-0.05, 0) is 26.2 Å².